The number of nitrogens with zero attached hydrogens (tertiary/aromatic N) is 2. The van der Waals surface area contributed by atoms with Crippen molar-refractivity contribution in [1.29, 1.82) is 0 Å². The molecule has 1 aliphatic carbocycles. The minimum atomic E-state index is -0.480. The highest BCUT2D eigenvalue weighted by atomic mass is 35.5. The molecule has 23 heavy (non-hydrogen) atoms. The van der Waals surface area contributed by atoms with Gasteiger partial charge in [-0.05, 0) is 25.0 Å². The van der Waals surface area contributed by atoms with Gasteiger partial charge in [0.2, 0.25) is 0 Å². The number of aryl methyl sites for hydroxylation is 1. The Labute approximate surface area is 137 Å². The van der Waals surface area contributed by atoms with Crippen LogP contribution in [0.4, 0.5) is 0 Å². The summed E-state index contributed by atoms with van der Waals surface area (Å²) in [6, 6.07) is 2.01. The van der Waals surface area contributed by atoms with Crippen LogP contribution in [-0.4, -0.2) is 22.8 Å². The van der Waals surface area contributed by atoms with Gasteiger partial charge in [0.1, 0.15) is 5.92 Å². The van der Waals surface area contributed by atoms with Crippen molar-refractivity contribution < 1.29 is 4.79 Å². The summed E-state index contributed by atoms with van der Waals surface area (Å²) in [7, 11) is 0. The van der Waals surface area contributed by atoms with E-state index in [4.69, 9.17) is 11.6 Å². The number of amides is 1. The Hall–Kier alpha value is -2.60. The molecule has 0 radical (unpaired) electrons. The average Bonchev–Trinajstić information content (AvgIpc) is 3.15. The fraction of sp³-hybridized carbons (Fsp3) is 0.188. The number of aromatic nitrogens is 1. The van der Waals surface area contributed by atoms with Crippen LogP contribution >= 0.6 is 11.6 Å². The van der Waals surface area contributed by atoms with E-state index >= 15 is 0 Å². The molecule has 1 aromatic heterocycles. The number of hydrazone groups is 1. The van der Waals surface area contributed by atoms with E-state index in [-0.39, 0.29) is 5.91 Å². The summed E-state index contributed by atoms with van der Waals surface area (Å²) in [5.74, 6) is -0.657. The summed E-state index contributed by atoms with van der Waals surface area (Å²) in [6.45, 7) is 0. The third-order valence-electron chi connectivity index (χ3n) is 3.97. The Bertz CT molecular complexity index is 828. The Morgan fingerprint density at radius 1 is 1.39 bits per heavy atom. The minimum absolute atomic E-state index is 0.177. The second kappa shape index (κ2) is 5.55. The largest absolute Gasteiger partial charge is 0.359 e. The van der Waals surface area contributed by atoms with Crippen molar-refractivity contribution in [3.63, 3.8) is 0 Å². The molecular weight excluding hydrogens is 314 g/mol. The number of fused-ring (bicyclic) bond motifs is 1. The van der Waals surface area contributed by atoms with Gasteiger partial charge in [-0.2, -0.15) is 5.10 Å². The predicted molar refractivity (Wildman–Crippen MR) is 90.8 cm³/mol. The fourth-order valence-electron chi connectivity index (χ4n) is 2.88. The van der Waals surface area contributed by atoms with Crippen LogP contribution in [0.1, 0.15) is 23.4 Å². The van der Waals surface area contributed by atoms with Crippen LogP contribution in [-0.2, 0) is 11.2 Å². The normalized spacial score (nSPS) is 24.1. The van der Waals surface area contributed by atoms with Crippen molar-refractivity contribution in [2.24, 2.45) is 16.0 Å². The SMILES string of the molecule is O=C1NN=CC1C1=NC=CNC1=Cc1cc2c([nH]1)CCC=C2Cl. The summed E-state index contributed by atoms with van der Waals surface area (Å²) in [6.07, 6.45) is 10.8. The molecule has 3 N–H and O–H groups in total. The van der Waals surface area contributed by atoms with Crippen LogP contribution < -0.4 is 10.7 Å². The maximum absolute atomic E-state index is 11.8. The summed E-state index contributed by atoms with van der Waals surface area (Å²) in [5, 5.41) is 7.73. The highest BCUT2D eigenvalue weighted by Crippen LogP contribution is 2.30. The number of halogens is 1. The van der Waals surface area contributed by atoms with Crippen LogP contribution in [0.3, 0.4) is 0 Å². The van der Waals surface area contributed by atoms with Crippen molar-refractivity contribution in [2.45, 2.75) is 12.8 Å². The predicted octanol–water partition coefficient (Wildman–Crippen LogP) is 2.13. The first kappa shape index (κ1) is 14.0. The van der Waals surface area contributed by atoms with Crippen LogP contribution in [0, 0.1) is 5.92 Å². The molecule has 1 amide bonds. The third kappa shape index (κ3) is 2.51. The second-order valence-electron chi connectivity index (χ2n) is 5.47. The molecule has 0 bridgehead atoms. The highest BCUT2D eigenvalue weighted by molar-refractivity contribution is 6.49. The zero-order valence-corrected chi connectivity index (χ0v) is 12.9. The number of allylic oxidation sites excluding steroid dienone is 2. The molecule has 0 spiro atoms. The molecule has 6 nitrogen and oxygen atoms in total. The topological polar surface area (TPSA) is 81.6 Å². The van der Waals surface area contributed by atoms with Gasteiger partial charge in [0, 0.05) is 40.6 Å². The van der Waals surface area contributed by atoms with Crippen LogP contribution in [0.5, 0.6) is 0 Å². The lowest BCUT2D eigenvalue weighted by Gasteiger charge is -2.16. The van der Waals surface area contributed by atoms with E-state index in [0.29, 0.717) is 5.71 Å². The van der Waals surface area contributed by atoms with Crippen molar-refractivity contribution >= 4 is 40.5 Å². The zero-order valence-electron chi connectivity index (χ0n) is 12.1. The van der Waals surface area contributed by atoms with Crippen LogP contribution in [0.2, 0.25) is 0 Å². The van der Waals surface area contributed by atoms with E-state index in [1.165, 1.54) is 0 Å². The number of aromatic amines is 1. The lowest BCUT2D eigenvalue weighted by Crippen LogP contribution is -2.32. The number of nitrogens with one attached hydrogen (secondary N) is 3. The molecule has 0 fully saturated rings. The Balaban J connectivity index is 1.69. The Morgan fingerprint density at radius 2 is 2.30 bits per heavy atom. The van der Waals surface area contributed by atoms with Crippen molar-refractivity contribution in [3.05, 3.63) is 47.2 Å². The quantitative estimate of drug-likeness (QED) is 0.777. The van der Waals surface area contributed by atoms with Crippen LogP contribution in [0.15, 0.2) is 40.3 Å². The van der Waals surface area contributed by atoms with Gasteiger partial charge in [-0.3, -0.25) is 9.79 Å². The maximum Gasteiger partial charge on any atom is 0.254 e. The number of aliphatic imine (C=N–C) groups is 1. The van der Waals surface area contributed by atoms with Gasteiger partial charge in [0.25, 0.3) is 5.91 Å². The first-order valence-corrected chi connectivity index (χ1v) is 7.72. The van der Waals surface area contributed by atoms with Crippen molar-refractivity contribution in [2.75, 3.05) is 0 Å². The number of carbonyl (C=O) groups is 1. The summed E-state index contributed by atoms with van der Waals surface area (Å²) < 4.78 is 0. The molecule has 1 aromatic rings. The third-order valence-corrected chi connectivity index (χ3v) is 4.33. The molecule has 116 valence electrons. The number of carbonyl (C=O) groups excluding carboxylic acids is 1. The molecule has 2 aliphatic heterocycles. The second-order valence-corrected chi connectivity index (χ2v) is 5.88. The Kier molecular flexibility index (Phi) is 3.38. The number of hydrogen-bond donors (Lipinski definition) is 3. The molecule has 3 heterocycles. The standard InChI is InChI=1S/C16H14ClN5O/c17-12-2-1-3-13-10(12)6-9(21-13)7-14-15(19-5-4-18-14)11-8-20-22-16(11)23/h2,4-8,11,18,21H,1,3H2,(H,22,23). The molecule has 3 aliphatic rings. The molecule has 4 rings (SSSR count). The van der Waals surface area contributed by atoms with Gasteiger partial charge < -0.3 is 10.3 Å². The fourth-order valence-corrected chi connectivity index (χ4v) is 3.15. The monoisotopic (exact) mass is 327 g/mol. The Morgan fingerprint density at radius 3 is 3.09 bits per heavy atom. The lowest BCUT2D eigenvalue weighted by molar-refractivity contribution is -0.120. The van der Waals surface area contributed by atoms with E-state index in [1.807, 2.05) is 18.2 Å². The van der Waals surface area contributed by atoms with Crippen molar-refractivity contribution in [1.82, 2.24) is 15.7 Å². The zero-order chi connectivity index (χ0) is 15.8. The van der Waals surface area contributed by atoms with Gasteiger partial charge in [0.15, 0.2) is 0 Å². The van der Waals surface area contributed by atoms with E-state index in [1.54, 1.807) is 18.6 Å². The number of hydrogen-bond acceptors (Lipinski definition) is 4. The van der Waals surface area contributed by atoms with Gasteiger partial charge in [-0.25, -0.2) is 5.43 Å². The number of rotatable bonds is 2. The van der Waals surface area contributed by atoms with E-state index in [9.17, 15) is 4.79 Å². The highest BCUT2D eigenvalue weighted by Gasteiger charge is 2.29. The van der Waals surface area contributed by atoms with Gasteiger partial charge >= 0.3 is 0 Å². The lowest BCUT2D eigenvalue weighted by atomic mass is 10.00. The molecule has 1 unspecified atom stereocenters. The van der Waals surface area contributed by atoms with E-state index in [2.05, 4.69) is 25.8 Å². The van der Waals surface area contributed by atoms with E-state index < -0.39 is 5.92 Å². The van der Waals surface area contributed by atoms with Gasteiger partial charge in [0.05, 0.1) is 11.4 Å². The summed E-state index contributed by atoms with van der Waals surface area (Å²) in [5.41, 5.74) is 6.93. The maximum atomic E-state index is 11.8. The molecule has 1 atom stereocenters. The smallest absolute Gasteiger partial charge is 0.254 e. The molecular formula is C16H14ClN5O. The van der Waals surface area contributed by atoms with Gasteiger partial charge in [-0.1, -0.05) is 17.7 Å². The molecule has 0 saturated carbocycles. The first-order chi connectivity index (χ1) is 11.2. The van der Waals surface area contributed by atoms with Gasteiger partial charge in [-0.15, -0.1) is 0 Å². The van der Waals surface area contributed by atoms with Crippen LogP contribution in [0.25, 0.3) is 11.1 Å². The van der Waals surface area contributed by atoms with E-state index in [0.717, 1.165) is 40.5 Å². The minimum Gasteiger partial charge on any atom is -0.359 e. The molecule has 0 saturated heterocycles. The summed E-state index contributed by atoms with van der Waals surface area (Å²) >= 11 is 6.25. The molecule has 0 aromatic carbocycles. The summed E-state index contributed by atoms with van der Waals surface area (Å²) in [4.78, 5) is 19.6. The average molecular weight is 328 g/mol. The first-order valence-electron chi connectivity index (χ1n) is 7.34. The number of H-pyrrole nitrogens is 1. The molecule has 7 heteroatoms. The van der Waals surface area contributed by atoms with Crippen molar-refractivity contribution in [3.8, 4) is 0 Å².